The molecule has 2 nitrogen and oxygen atoms in total. The highest BCUT2D eigenvalue weighted by atomic mass is 35.5. The first-order valence-electron chi connectivity index (χ1n) is 5.41. The van der Waals surface area contributed by atoms with E-state index in [9.17, 15) is 0 Å². The topological polar surface area (TPSA) is 21.3 Å². The van der Waals surface area contributed by atoms with Gasteiger partial charge in [-0.25, -0.2) is 0 Å². The van der Waals surface area contributed by atoms with Gasteiger partial charge in [-0.3, -0.25) is 0 Å². The van der Waals surface area contributed by atoms with Crippen molar-refractivity contribution in [2.75, 3.05) is 11.9 Å². The molecule has 88 valence electrons. The molecule has 0 bridgehead atoms. The molecular weight excluding hydrogens is 245 g/mol. The lowest BCUT2D eigenvalue weighted by Crippen LogP contribution is -2.26. The molecule has 2 rings (SSSR count). The summed E-state index contributed by atoms with van der Waals surface area (Å²) < 4.78 is 5.49. The summed E-state index contributed by atoms with van der Waals surface area (Å²) in [5.74, 6) is 0. The largest absolute Gasteiger partial charge is 0.378 e. The first-order valence-corrected chi connectivity index (χ1v) is 6.17. The van der Waals surface area contributed by atoms with Gasteiger partial charge in [-0.2, -0.15) is 0 Å². The van der Waals surface area contributed by atoms with Gasteiger partial charge in [0.1, 0.15) is 0 Å². The van der Waals surface area contributed by atoms with Gasteiger partial charge in [0.05, 0.1) is 22.9 Å². The number of anilines is 1. The SMILES string of the molecule is Cc1cc(Cl)c(NC2CCOC2C)cc1Cl. The van der Waals surface area contributed by atoms with Crippen LogP contribution in [0.1, 0.15) is 18.9 Å². The fraction of sp³-hybridized carbons (Fsp3) is 0.500. The van der Waals surface area contributed by atoms with Crippen LogP contribution in [-0.2, 0) is 4.74 Å². The first kappa shape index (κ1) is 12.0. The Hall–Kier alpha value is -0.440. The van der Waals surface area contributed by atoms with Crippen molar-refractivity contribution >= 4 is 28.9 Å². The summed E-state index contributed by atoms with van der Waals surface area (Å²) in [6, 6.07) is 4.08. The summed E-state index contributed by atoms with van der Waals surface area (Å²) in [6.45, 7) is 4.81. The lowest BCUT2D eigenvalue weighted by molar-refractivity contribution is 0.121. The third kappa shape index (κ3) is 2.45. The summed E-state index contributed by atoms with van der Waals surface area (Å²) >= 11 is 12.2. The molecule has 1 aromatic carbocycles. The average molecular weight is 260 g/mol. The fourth-order valence-corrected chi connectivity index (χ4v) is 2.31. The Labute approximate surface area is 106 Å². The molecule has 1 aromatic rings. The van der Waals surface area contributed by atoms with Crippen LogP contribution >= 0.6 is 23.2 Å². The van der Waals surface area contributed by atoms with Crippen molar-refractivity contribution in [1.29, 1.82) is 0 Å². The van der Waals surface area contributed by atoms with Crippen molar-refractivity contribution in [3.05, 3.63) is 27.7 Å². The minimum atomic E-state index is 0.219. The molecule has 0 amide bonds. The number of nitrogens with one attached hydrogen (secondary N) is 1. The van der Waals surface area contributed by atoms with E-state index in [0.29, 0.717) is 11.1 Å². The van der Waals surface area contributed by atoms with Gasteiger partial charge in [0.15, 0.2) is 0 Å². The van der Waals surface area contributed by atoms with Crippen LogP contribution in [0.2, 0.25) is 10.0 Å². The van der Waals surface area contributed by atoms with Crippen molar-refractivity contribution in [2.45, 2.75) is 32.4 Å². The zero-order chi connectivity index (χ0) is 11.7. The molecule has 0 saturated carbocycles. The van der Waals surface area contributed by atoms with E-state index in [4.69, 9.17) is 27.9 Å². The van der Waals surface area contributed by atoms with Crippen LogP contribution in [-0.4, -0.2) is 18.8 Å². The number of aryl methyl sites for hydroxylation is 1. The Morgan fingerprint density at radius 2 is 2.06 bits per heavy atom. The maximum atomic E-state index is 6.17. The average Bonchev–Trinajstić information content (AvgIpc) is 2.61. The molecule has 1 N–H and O–H groups in total. The van der Waals surface area contributed by atoms with Crippen molar-refractivity contribution in [1.82, 2.24) is 0 Å². The zero-order valence-electron chi connectivity index (χ0n) is 9.39. The van der Waals surface area contributed by atoms with E-state index in [2.05, 4.69) is 12.2 Å². The molecular formula is C12H15Cl2NO. The highest BCUT2D eigenvalue weighted by Gasteiger charge is 2.24. The number of halogens is 2. The summed E-state index contributed by atoms with van der Waals surface area (Å²) in [4.78, 5) is 0. The van der Waals surface area contributed by atoms with Crippen LogP contribution in [0.5, 0.6) is 0 Å². The van der Waals surface area contributed by atoms with E-state index < -0.39 is 0 Å². The minimum absolute atomic E-state index is 0.219. The van der Waals surface area contributed by atoms with Crippen molar-refractivity contribution in [3.63, 3.8) is 0 Å². The van der Waals surface area contributed by atoms with Gasteiger partial charge in [-0.1, -0.05) is 23.2 Å². The van der Waals surface area contributed by atoms with E-state index >= 15 is 0 Å². The van der Waals surface area contributed by atoms with Crippen molar-refractivity contribution in [2.24, 2.45) is 0 Å². The number of rotatable bonds is 2. The smallest absolute Gasteiger partial charge is 0.0748 e. The predicted octanol–water partition coefficient (Wildman–Crippen LogP) is 3.89. The number of ether oxygens (including phenoxy) is 1. The monoisotopic (exact) mass is 259 g/mol. The molecule has 2 atom stereocenters. The standard InChI is InChI=1S/C12H15Cl2NO/c1-7-5-10(14)12(6-9(7)13)15-11-3-4-16-8(11)2/h5-6,8,11,15H,3-4H2,1-2H3. The second-order valence-corrected chi connectivity index (χ2v) is 5.01. The quantitative estimate of drug-likeness (QED) is 0.870. The lowest BCUT2D eigenvalue weighted by atomic mass is 10.1. The molecule has 0 radical (unpaired) electrons. The van der Waals surface area contributed by atoms with Crippen molar-refractivity contribution < 1.29 is 4.74 Å². The molecule has 0 aromatic heterocycles. The van der Waals surface area contributed by atoms with Gasteiger partial charge >= 0.3 is 0 Å². The van der Waals surface area contributed by atoms with Gasteiger partial charge in [0.2, 0.25) is 0 Å². The Bertz CT molecular complexity index is 395. The molecule has 1 aliphatic rings. The predicted molar refractivity (Wildman–Crippen MR) is 68.6 cm³/mol. The van der Waals surface area contributed by atoms with Crippen LogP contribution in [0, 0.1) is 6.92 Å². The van der Waals surface area contributed by atoms with E-state index in [1.165, 1.54) is 0 Å². The number of benzene rings is 1. The highest BCUT2D eigenvalue weighted by molar-refractivity contribution is 6.35. The maximum Gasteiger partial charge on any atom is 0.0748 e. The second-order valence-electron chi connectivity index (χ2n) is 4.20. The van der Waals surface area contributed by atoms with Crippen LogP contribution in [0.3, 0.4) is 0 Å². The molecule has 16 heavy (non-hydrogen) atoms. The Morgan fingerprint density at radius 1 is 1.31 bits per heavy atom. The molecule has 1 saturated heterocycles. The minimum Gasteiger partial charge on any atom is -0.378 e. The molecule has 4 heteroatoms. The van der Waals surface area contributed by atoms with E-state index in [-0.39, 0.29) is 6.10 Å². The Balaban J connectivity index is 2.18. The third-order valence-corrected chi connectivity index (χ3v) is 3.69. The zero-order valence-corrected chi connectivity index (χ0v) is 10.9. The van der Waals surface area contributed by atoms with Crippen molar-refractivity contribution in [3.8, 4) is 0 Å². The number of hydrogen-bond donors (Lipinski definition) is 1. The fourth-order valence-electron chi connectivity index (χ4n) is 1.88. The molecule has 0 aliphatic carbocycles. The van der Waals surface area contributed by atoms with Crippen LogP contribution in [0.4, 0.5) is 5.69 Å². The van der Waals surface area contributed by atoms with E-state index in [0.717, 1.165) is 29.3 Å². The molecule has 0 spiro atoms. The Morgan fingerprint density at radius 3 is 2.69 bits per heavy atom. The summed E-state index contributed by atoms with van der Waals surface area (Å²) in [7, 11) is 0. The third-order valence-electron chi connectivity index (χ3n) is 2.97. The molecule has 2 unspecified atom stereocenters. The lowest BCUT2D eigenvalue weighted by Gasteiger charge is -2.19. The van der Waals surface area contributed by atoms with Gasteiger partial charge in [-0.05, 0) is 38.0 Å². The van der Waals surface area contributed by atoms with Gasteiger partial charge in [-0.15, -0.1) is 0 Å². The van der Waals surface area contributed by atoms with Gasteiger partial charge < -0.3 is 10.1 Å². The molecule has 1 aliphatic heterocycles. The van der Waals surface area contributed by atoms with E-state index in [1.807, 2.05) is 19.1 Å². The highest BCUT2D eigenvalue weighted by Crippen LogP contribution is 2.30. The second kappa shape index (κ2) is 4.82. The van der Waals surface area contributed by atoms with Gasteiger partial charge in [0.25, 0.3) is 0 Å². The van der Waals surface area contributed by atoms with Crippen LogP contribution < -0.4 is 5.32 Å². The molecule has 1 fully saturated rings. The van der Waals surface area contributed by atoms with Crippen LogP contribution in [0.25, 0.3) is 0 Å². The number of hydrogen-bond acceptors (Lipinski definition) is 2. The summed E-state index contributed by atoms with van der Waals surface area (Å²) in [5.41, 5.74) is 1.88. The Kier molecular flexibility index (Phi) is 3.63. The summed E-state index contributed by atoms with van der Waals surface area (Å²) in [6.07, 6.45) is 1.22. The van der Waals surface area contributed by atoms with E-state index in [1.54, 1.807) is 0 Å². The maximum absolute atomic E-state index is 6.17. The first-order chi connectivity index (χ1) is 7.58. The normalized spacial score (nSPS) is 24.8. The summed E-state index contributed by atoms with van der Waals surface area (Å²) in [5, 5.41) is 4.83. The van der Waals surface area contributed by atoms with Crippen LogP contribution in [0.15, 0.2) is 12.1 Å². The van der Waals surface area contributed by atoms with Gasteiger partial charge in [0, 0.05) is 11.6 Å². The molecule has 1 heterocycles.